The van der Waals surface area contributed by atoms with Gasteiger partial charge in [-0.1, -0.05) is 152 Å². The lowest BCUT2D eigenvalue weighted by molar-refractivity contribution is 0.840. The number of fused-ring (bicyclic) bond motifs is 10. The van der Waals surface area contributed by atoms with Gasteiger partial charge in [-0.25, -0.2) is 9.98 Å². The molecule has 0 N–H and O–H groups in total. The number of aliphatic imine (C=N–C) groups is 2. The zero-order valence-corrected chi connectivity index (χ0v) is 27.3. The molecule has 10 rings (SSSR count). The first-order valence-corrected chi connectivity index (χ1v) is 17.0. The highest BCUT2D eigenvalue weighted by molar-refractivity contribution is 6.14. The molecule has 234 valence electrons. The van der Waals surface area contributed by atoms with Crippen LogP contribution in [0.25, 0.3) is 49.9 Å². The van der Waals surface area contributed by atoms with E-state index in [-0.39, 0.29) is 0 Å². The molecule has 7 aromatic carbocycles. The van der Waals surface area contributed by atoms with E-state index in [1.807, 2.05) is 30.3 Å². The summed E-state index contributed by atoms with van der Waals surface area (Å²) in [5.41, 5.74) is 14.3. The fourth-order valence-corrected chi connectivity index (χ4v) is 8.59. The Hall–Kier alpha value is -6.58. The predicted molar refractivity (Wildman–Crippen MR) is 208 cm³/mol. The van der Waals surface area contributed by atoms with Crippen LogP contribution in [0.2, 0.25) is 0 Å². The molecule has 0 fully saturated rings. The van der Waals surface area contributed by atoms with Crippen molar-refractivity contribution in [2.45, 2.75) is 5.41 Å². The van der Waals surface area contributed by atoms with Gasteiger partial charge in [0.2, 0.25) is 0 Å². The fourth-order valence-electron chi connectivity index (χ4n) is 8.59. The van der Waals surface area contributed by atoms with Crippen LogP contribution in [0.15, 0.2) is 186 Å². The summed E-state index contributed by atoms with van der Waals surface area (Å²) in [6, 6.07) is 63.1. The van der Waals surface area contributed by atoms with Gasteiger partial charge in [0.05, 0.1) is 22.1 Å². The van der Waals surface area contributed by atoms with Crippen molar-refractivity contribution in [2.24, 2.45) is 9.98 Å². The summed E-state index contributed by atoms with van der Waals surface area (Å²) in [5, 5.41) is 2.49. The average Bonchev–Trinajstić information content (AvgIpc) is 3.79. The van der Waals surface area contributed by atoms with E-state index in [1.165, 1.54) is 49.6 Å². The number of para-hydroxylation sites is 2. The SMILES string of the molecule is C=N/C(=N\C1=C(c2ccccc2)C2(c3cc(-n4c5ccccc5c5ccccc54)ccc31)c1ccccc1-c1ccccc12)c1ccccc1. The lowest BCUT2D eigenvalue weighted by Gasteiger charge is -2.33. The van der Waals surface area contributed by atoms with E-state index in [1.54, 1.807) is 0 Å². The second-order valence-corrected chi connectivity index (χ2v) is 13.0. The highest BCUT2D eigenvalue weighted by atomic mass is 15.0. The van der Waals surface area contributed by atoms with Crippen molar-refractivity contribution in [3.63, 3.8) is 0 Å². The van der Waals surface area contributed by atoms with Crippen LogP contribution in [0.3, 0.4) is 0 Å². The third-order valence-corrected chi connectivity index (χ3v) is 10.5. The molecule has 1 aromatic heterocycles. The molecule has 1 spiro atoms. The van der Waals surface area contributed by atoms with Gasteiger partial charge in [-0.15, -0.1) is 0 Å². The minimum Gasteiger partial charge on any atom is -0.309 e. The molecule has 1 heterocycles. The minimum absolute atomic E-state index is 0.600. The number of nitrogens with zero attached hydrogens (tertiary/aromatic N) is 3. The molecule has 0 bridgehead atoms. The second-order valence-electron chi connectivity index (χ2n) is 13.0. The van der Waals surface area contributed by atoms with Crippen LogP contribution >= 0.6 is 0 Å². The summed E-state index contributed by atoms with van der Waals surface area (Å²) in [5.74, 6) is 0.600. The quantitative estimate of drug-likeness (QED) is 0.136. The molecule has 8 aromatic rings. The molecule has 0 saturated heterocycles. The zero-order valence-electron chi connectivity index (χ0n) is 27.3. The van der Waals surface area contributed by atoms with Gasteiger partial charge in [0.1, 0.15) is 0 Å². The Balaban J connectivity index is 1.37. The summed E-state index contributed by atoms with van der Waals surface area (Å²) in [6.07, 6.45) is 0. The summed E-state index contributed by atoms with van der Waals surface area (Å²) >= 11 is 0. The number of aromatic nitrogens is 1. The van der Waals surface area contributed by atoms with Crippen molar-refractivity contribution in [2.75, 3.05) is 0 Å². The summed E-state index contributed by atoms with van der Waals surface area (Å²) in [7, 11) is 0. The summed E-state index contributed by atoms with van der Waals surface area (Å²) < 4.78 is 2.41. The Morgan fingerprint density at radius 1 is 0.500 bits per heavy atom. The highest BCUT2D eigenvalue weighted by Gasteiger charge is 2.53. The van der Waals surface area contributed by atoms with E-state index in [4.69, 9.17) is 4.99 Å². The lowest BCUT2D eigenvalue weighted by atomic mass is 9.68. The van der Waals surface area contributed by atoms with Crippen molar-refractivity contribution in [3.05, 3.63) is 209 Å². The van der Waals surface area contributed by atoms with E-state index in [9.17, 15) is 0 Å². The smallest absolute Gasteiger partial charge is 0.159 e. The highest BCUT2D eigenvalue weighted by Crippen LogP contribution is 2.65. The Bertz CT molecular complexity index is 2610. The summed E-state index contributed by atoms with van der Waals surface area (Å²) in [4.78, 5) is 10.00. The van der Waals surface area contributed by atoms with Gasteiger partial charge in [0.25, 0.3) is 0 Å². The number of benzene rings is 7. The van der Waals surface area contributed by atoms with Crippen molar-refractivity contribution in [1.82, 2.24) is 4.57 Å². The van der Waals surface area contributed by atoms with Crippen molar-refractivity contribution in [1.29, 1.82) is 0 Å². The number of hydrogen-bond acceptors (Lipinski definition) is 1. The maximum atomic E-state index is 5.48. The topological polar surface area (TPSA) is 29.6 Å². The maximum Gasteiger partial charge on any atom is 0.159 e. The van der Waals surface area contributed by atoms with Gasteiger partial charge in [-0.05, 0) is 64.4 Å². The van der Waals surface area contributed by atoms with Crippen LogP contribution in [0.5, 0.6) is 0 Å². The van der Waals surface area contributed by atoms with Gasteiger partial charge in [0.15, 0.2) is 5.84 Å². The molecule has 0 amide bonds. The van der Waals surface area contributed by atoms with Gasteiger partial charge in [-0.3, -0.25) is 0 Å². The zero-order chi connectivity index (χ0) is 33.2. The Morgan fingerprint density at radius 2 is 1.04 bits per heavy atom. The number of rotatable bonds is 4. The van der Waals surface area contributed by atoms with Crippen molar-refractivity contribution in [3.8, 4) is 16.8 Å². The molecule has 0 aliphatic heterocycles. The standard InChI is InChI=1S/C47H31N3/c1-48-46(32-18-6-3-7-19-32)49-45-38-29-28-33(50-42-26-14-10-22-36(42)37-23-11-15-27-43(37)50)30-41(38)47(44(45)31-16-4-2-5-17-31)39-24-12-8-20-34(39)35-21-9-13-25-40(35)47/h2-30H,1H2/b49-46-. The molecule has 2 aliphatic carbocycles. The molecule has 3 heteroatoms. The lowest BCUT2D eigenvalue weighted by Crippen LogP contribution is -2.27. The van der Waals surface area contributed by atoms with E-state index < -0.39 is 5.41 Å². The molecule has 0 radical (unpaired) electrons. The molecule has 3 nitrogen and oxygen atoms in total. The first-order valence-electron chi connectivity index (χ1n) is 17.0. The molecular formula is C47H31N3. The van der Waals surface area contributed by atoms with Crippen molar-refractivity contribution >= 4 is 45.6 Å². The van der Waals surface area contributed by atoms with Crippen molar-refractivity contribution < 1.29 is 0 Å². The first-order chi connectivity index (χ1) is 24.8. The minimum atomic E-state index is -0.625. The molecule has 2 aliphatic rings. The Morgan fingerprint density at radius 3 is 1.66 bits per heavy atom. The van der Waals surface area contributed by atoms with E-state index in [2.05, 4.69) is 162 Å². The van der Waals surface area contributed by atoms with Gasteiger partial charge in [0, 0.05) is 33.2 Å². The van der Waals surface area contributed by atoms with Crippen LogP contribution in [-0.2, 0) is 5.41 Å². The molecule has 0 saturated carbocycles. The Kier molecular flexibility index (Phi) is 6.24. The number of hydrogen-bond donors (Lipinski definition) is 0. The normalized spacial score (nSPS) is 14.3. The molecule has 50 heavy (non-hydrogen) atoms. The van der Waals surface area contributed by atoms with Gasteiger partial charge >= 0.3 is 0 Å². The number of allylic oxidation sites excluding steroid dienone is 1. The molecule has 0 unspecified atom stereocenters. The monoisotopic (exact) mass is 637 g/mol. The predicted octanol–water partition coefficient (Wildman–Crippen LogP) is 11.1. The van der Waals surface area contributed by atoms with Gasteiger partial charge < -0.3 is 4.57 Å². The third-order valence-electron chi connectivity index (χ3n) is 10.5. The Labute approximate surface area is 290 Å². The van der Waals surface area contributed by atoms with Crippen LogP contribution in [0.4, 0.5) is 0 Å². The first kappa shape index (κ1) is 28.4. The molecule has 0 atom stereocenters. The largest absolute Gasteiger partial charge is 0.309 e. The third kappa shape index (κ3) is 3.86. The van der Waals surface area contributed by atoms with Crippen LogP contribution < -0.4 is 0 Å². The molecular weight excluding hydrogens is 607 g/mol. The van der Waals surface area contributed by atoms with Crippen LogP contribution in [-0.4, -0.2) is 17.1 Å². The van der Waals surface area contributed by atoms with E-state index >= 15 is 0 Å². The van der Waals surface area contributed by atoms with E-state index in [0.29, 0.717) is 5.84 Å². The van der Waals surface area contributed by atoms with Gasteiger partial charge in [-0.2, -0.15) is 0 Å². The van der Waals surface area contributed by atoms with E-state index in [0.717, 1.165) is 33.6 Å². The fraction of sp³-hybridized carbons (Fsp3) is 0.0213. The average molecular weight is 638 g/mol. The maximum absolute atomic E-state index is 5.48. The second kappa shape index (κ2) is 11.0. The van der Waals surface area contributed by atoms with Crippen LogP contribution in [0.1, 0.15) is 33.4 Å². The van der Waals surface area contributed by atoms with Crippen LogP contribution in [0, 0.1) is 0 Å². The summed E-state index contributed by atoms with van der Waals surface area (Å²) in [6.45, 7) is 3.99. The number of amidine groups is 1.